The van der Waals surface area contributed by atoms with Crippen molar-refractivity contribution in [1.29, 1.82) is 0 Å². The summed E-state index contributed by atoms with van der Waals surface area (Å²) in [4.78, 5) is 34.4. The van der Waals surface area contributed by atoms with Gasteiger partial charge in [-0.15, -0.1) is 0 Å². The quantitative estimate of drug-likeness (QED) is 0.430. The summed E-state index contributed by atoms with van der Waals surface area (Å²) in [6.45, 7) is 2.29. The highest BCUT2D eigenvalue weighted by atomic mass is 16.6. The molecule has 2 aromatic rings. The number of nitro groups is 1. The first-order valence-electron chi connectivity index (χ1n) is 8.98. The lowest BCUT2D eigenvalue weighted by atomic mass is 10.1. The van der Waals surface area contributed by atoms with Gasteiger partial charge in [0.2, 0.25) is 0 Å². The van der Waals surface area contributed by atoms with Crippen LogP contribution in [0.3, 0.4) is 0 Å². The molecule has 28 heavy (non-hydrogen) atoms. The Labute approximate surface area is 162 Å². The molecule has 1 aliphatic heterocycles. The third-order valence-electron chi connectivity index (χ3n) is 4.50. The van der Waals surface area contributed by atoms with Crippen LogP contribution in [0.25, 0.3) is 0 Å². The molecular weight excluding hydrogens is 362 g/mol. The Kier molecular flexibility index (Phi) is 6.00. The molecule has 0 radical (unpaired) electrons. The van der Waals surface area contributed by atoms with E-state index in [4.69, 9.17) is 4.74 Å². The van der Waals surface area contributed by atoms with E-state index in [-0.39, 0.29) is 22.9 Å². The molecule has 0 saturated carbocycles. The first-order valence-corrected chi connectivity index (χ1v) is 8.98. The number of benzene rings is 2. The average molecular weight is 383 g/mol. The van der Waals surface area contributed by atoms with E-state index in [9.17, 15) is 19.7 Å². The Balaban J connectivity index is 1.68. The lowest BCUT2D eigenvalue weighted by Gasteiger charge is -2.12. The van der Waals surface area contributed by atoms with Crippen molar-refractivity contribution in [3.05, 3.63) is 63.7 Å². The van der Waals surface area contributed by atoms with Crippen LogP contribution in [0.4, 0.5) is 17.1 Å². The van der Waals surface area contributed by atoms with Gasteiger partial charge in [0, 0.05) is 30.5 Å². The molecule has 8 nitrogen and oxygen atoms in total. The number of nitrogens with one attached hydrogen (secondary N) is 2. The second-order valence-corrected chi connectivity index (χ2v) is 6.59. The highest BCUT2D eigenvalue weighted by Gasteiger charge is 2.23. The van der Waals surface area contributed by atoms with Crippen molar-refractivity contribution in [2.45, 2.75) is 32.4 Å². The average Bonchev–Trinajstić information content (AvgIpc) is 3.21. The molecule has 1 unspecified atom stereocenters. The molecule has 0 aromatic heterocycles. The third kappa shape index (κ3) is 4.72. The Morgan fingerprint density at radius 2 is 2.07 bits per heavy atom. The minimum absolute atomic E-state index is 0.157. The van der Waals surface area contributed by atoms with Crippen LogP contribution < -0.4 is 10.6 Å². The molecule has 3 rings (SSSR count). The number of rotatable bonds is 7. The minimum Gasteiger partial charge on any atom is -0.375 e. The van der Waals surface area contributed by atoms with Crippen molar-refractivity contribution in [2.75, 3.05) is 17.2 Å². The number of nitro benzene ring substituents is 1. The number of carbonyl (C=O) groups is 2. The maximum absolute atomic E-state index is 12.2. The molecule has 1 amide bonds. The summed E-state index contributed by atoms with van der Waals surface area (Å²) in [7, 11) is 0. The van der Waals surface area contributed by atoms with Gasteiger partial charge in [-0.05, 0) is 49.6 Å². The summed E-state index contributed by atoms with van der Waals surface area (Å²) in [6, 6.07) is 11.6. The first kappa shape index (κ1) is 19.5. The Morgan fingerprint density at radius 1 is 1.25 bits per heavy atom. The fraction of sp³-hybridized carbons (Fsp3) is 0.300. The van der Waals surface area contributed by atoms with E-state index >= 15 is 0 Å². The van der Waals surface area contributed by atoms with Crippen molar-refractivity contribution in [3.8, 4) is 0 Å². The van der Waals surface area contributed by atoms with Gasteiger partial charge in [0.1, 0.15) is 11.8 Å². The number of carbonyl (C=O) groups excluding carboxylic acids is 2. The van der Waals surface area contributed by atoms with E-state index in [1.54, 1.807) is 24.3 Å². The zero-order valence-corrected chi connectivity index (χ0v) is 15.4. The molecule has 2 N–H and O–H groups in total. The van der Waals surface area contributed by atoms with Gasteiger partial charge >= 0.3 is 0 Å². The zero-order valence-electron chi connectivity index (χ0n) is 15.4. The predicted molar refractivity (Wildman–Crippen MR) is 104 cm³/mol. The van der Waals surface area contributed by atoms with Gasteiger partial charge in [0.05, 0.1) is 4.92 Å². The van der Waals surface area contributed by atoms with E-state index in [0.29, 0.717) is 30.9 Å². The highest BCUT2D eigenvalue weighted by Crippen LogP contribution is 2.26. The number of ketones is 1. The van der Waals surface area contributed by atoms with Crippen LogP contribution >= 0.6 is 0 Å². The van der Waals surface area contributed by atoms with Crippen LogP contribution in [-0.2, 0) is 16.1 Å². The lowest BCUT2D eigenvalue weighted by molar-refractivity contribution is -0.384. The zero-order chi connectivity index (χ0) is 20.1. The fourth-order valence-corrected chi connectivity index (χ4v) is 3.01. The van der Waals surface area contributed by atoms with Crippen molar-refractivity contribution >= 4 is 28.8 Å². The molecule has 1 saturated heterocycles. The van der Waals surface area contributed by atoms with Gasteiger partial charge in [-0.1, -0.05) is 12.1 Å². The van der Waals surface area contributed by atoms with Crippen LogP contribution in [0.1, 0.15) is 35.7 Å². The van der Waals surface area contributed by atoms with Gasteiger partial charge in [-0.2, -0.15) is 0 Å². The van der Waals surface area contributed by atoms with Crippen molar-refractivity contribution in [3.63, 3.8) is 0 Å². The predicted octanol–water partition coefficient (Wildman–Crippen LogP) is 3.53. The summed E-state index contributed by atoms with van der Waals surface area (Å²) in [6.07, 6.45) is 1.18. The van der Waals surface area contributed by atoms with Gasteiger partial charge in [-0.25, -0.2) is 0 Å². The summed E-state index contributed by atoms with van der Waals surface area (Å²) >= 11 is 0. The van der Waals surface area contributed by atoms with Gasteiger partial charge in [-0.3, -0.25) is 19.7 Å². The lowest BCUT2D eigenvalue weighted by Crippen LogP contribution is -2.26. The van der Waals surface area contributed by atoms with Crippen LogP contribution in [0.5, 0.6) is 0 Å². The molecule has 2 aromatic carbocycles. The van der Waals surface area contributed by atoms with E-state index in [1.807, 2.05) is 6.07 Å². The Bertz CT molecular complexity index is 906. The monoisotopic (exact) mass is 383 g/mol. The van der Waals surface area contributed by atoms with E-state index in [0.717, 1.165) is 12.0 Å². The SMILES string of the molecule is CC(=O)c1ccc(NCc2cccc(NC(=O)C3CCCO3)c2)c([N+](=O)[O-])c1. The molecule has 0 bridgehead atoms. The highest BCUT2D eigenvalue weighted by molar-refractivity contribution is 5.95. The van der Waals surface area contributed by atoms with E-state index < -0.39 is 11.0 Å². The van der Waals surface area contributed by atoms with Crippen LogP contribution in [0.2, 0.25) is 0 Å². The normalized spacial score (nSPS) is 15.8. The molecule has 1 fully saturated rings. The molecule has 8 heteroatoms. The van der Waals surface area contributed by atoms with E-state index in [1.165, 1.54) is 19.1 Å². The number of ether oxygens (including phenoxy) is 1. The second-order valence-electron chi connectivity index (χ2n) is 6.59. The molecule has 1 aliphatic rings. The van der Waals surface area contributed by atoms with Crippen LogP contribution in [0, 0.1) is 10.1 Å². The summed E-state index contributed by atoms with van der Waals surface area (Å²) in [5.41, 5.74) is 1.94. The fourth-order valence-electron chi connectivity index (χ4n) is 3.01. The smallest absolute Gasteiger partial charge is 0.293 e. The molecule has 1 atom stereocenters. The number of hydrogen-bond acceptors (Lipinski definition) is 6. The van der Waals surface area contributed by atoms with Crippen molar-refractivity contribution in [2.24, 2.45) is 0 Å². The standard InChI is InChI=1S/C20H21N3O5/c1-13(24)15-7-8-17(18(11-15)23(26)27)21-12-14-4-2-5-16(10-14)22-20(25)19-6-3-9-28-19/h2,4-5,7-8,10-11,19,21H,3,6,9,12H2,1H3,(H,22,25). The number of Topliss-reactive ketones (excluding diaryl/α,β-unsaturated/α-hetero) is 1. The number of hydrogen-bond donors (Lipinski definition) is 2. The number of amides is 1. The van der Waals surface area contributed by atoms with Crippen LogP contribution in [0.15, 0.2) is 42.5 Å². The largest absolute Gasteiger partial charge is 0.375 e. The van der Waals surface area contributed by atoms with Gasteiger partial charge in [0.15, 0.2) is 5.78 Å². The van der Waals surface area contributed by atoms with E-state index in [2.05, 4.69) is 10.6 Å². The Hall–Kier alpha value is -3.26. The van der Waals surface area contributed by atoms with Gasteiger partial charge < -0.3 is 15.4 Å². The van der Waals surface area contributed by atoms with Crippen molar-refractivity contribution in [1.82, 2.24) is 0 Å². The summed E-state index contributed by atoms with van der Waals surface area (Å²) in [5.74, 6) is -0.401. The topological polar surface area (TPSA) is 111 Å². The molecule has 1 heterocycles. The molecule has 0 aliphatic carbocycles. The maximum atomic E-state index is 12.2. The van der Waals surface area contributed by atoms with Crippen LogP contribution in [-0.4, -0.2) is 29.3 Å². The number of anilines is 2. The second kappa shape index (κ2) is 8.62. The summed E-state index contributed by atoms with van der Waals surface area (Å²) in [5, 5.41) is 17.2. The third-order valence-corrected chi connectivity index (χ3v) is 4.50. The minimum atomic E-state index is -0.521. The maximum Gasteiger partial charge on any atom is 0.293 e. The number of nitrogens with zero attached hydrogens (tertiary/aromatic N) is 1. The van der Waals surface area contributed by atoms with Gasteiger partial charge in [0.25, 0.3) is 11.6 Å². The van der Waals surface area contributed by atoms with Crippen molar-refractivity contribution < 1.29 is 19.2 Å². The Morgan fingerprint density at radius 3 is 2.75 bits per heavy atom. The molecular formula is C20H21N3O5. The first-order chi connectivity index (χ1) is 13.4. The molecule has 0 spiro atoms. The summed E-state index contributed by atoms with van der Waals surface area (Å²) < 4.78 is 5.37. The molecule has 146 valence electrons.